The van der Waals surface area contributed by atoms with Crippen LogP contribution < -0.4 is 0 Å². The van der Waals surface area contributed by atoms with E-state index in [1.807, 2.05) is 7.11 Å². The maximum Gasteiger partial charge on any atom is 0.0530 e. The number of hydrogen-bond acceptors (Lipinski definition) is 2. The standard InChI is InChI=1S/C12H25NO/c1-12(10-14-4,9-13(2)3)11-7-5-6-8-11/h11H,5-10H2,1-4H3. The number of hydrogen-bond donors (Lipinski definition) is 0. The van der Waals surface area contributed by atoms with Crippen molar-refractivity contribution in [2.24, 2.45) is 11.3 Å². The van der Waals surface area contributed by atoms with Crippen LogP contribution in [0.25, 0.3) is 0 Å². The fourth-order valence-electron chi connectivity index (χ4n) is 2.97. The molecular formula is C12H25NO. The highest BCUT2D eigenvalue weighted by molar-refractivity contribution is 4.87. The molecule has 0 bridgehead atoms. The zero-order chi connectivity index (χ0) is 10.6. The Kier molecular flexibility index (Phi) is 4.39. The van der Waals surface area contributed by atoms with Crippen LogP contribution in [0.15, 0.2) is 0 Å². The molecule has 1 fully saturated rings. The molecule has 0 aromatic carbocycles. The van der Waals surface area contributed by atoms with Crippen molar-refractivity contribution in [3.63, 3.8) is 0 Å². The van der Waals surface area contributed by atoms with E-state index in [0.717, 1.165) is 19.1 Å². The molecule has 0 aromatic heterocycles. The second kappa shape index (κ2) is 5.13. The van der Waals surface area contributed by atoms with E-state index in [2.05, 4.69) is 25.9 Å². The maximum absolute atomic E-state index is 5.39. The Hall–Kier alpha value is -0.0800. The first kappa shape index (κ1) is 12.0. The Morgan fingerprint density at radius 1 is 1.29 bits per heavy atom. The molecule has 0 radical (unpaired) electrons. The molecule has 0 aromatic rings. The van der Waals surface area contributed by atoms with Gasteiger partial charge in [-0.1, -0.05) is 19.8 Å². The number of nitrogens with zero attached hydrogens (tertiary/aromatic N) is 1. The third kappa shape index (κ3) is 2.96. The van der Waals surface area contributed by atoms with Gasteiger partial charge in [0.05, 0.1) is 6.61 Å². The molecule has 1 aliphatic carbocycles. The average Bonchev–Trinajstić information content (AvgIpc) is 2.54. The molecular weight excluding hydrogens is 174 g/mol. The molecule has 0 N–H and O–H groups in total. The van der Waals surface area contributed by atoms with Crippen molar-refractivity contribution in [1.82, 2.24) is 4.90 Å². The van der Waals surface area contributed by atoms with E-state index in [1.165, 1.54) is 25.7 Å². The van der Waals surface area contributed by atoms with Crippen LogP contribution in [0.1, 0.15) is 32.6 Å². The van der Waals surface area contributed by atoms with E-state index < -0.39 is 0 Å². The first-order chi connectivity index (χ1) is 6.58. The van der Waals surface area contributed by atoms with Crippen LogP contribution >= 0.6 is 0 Å². The van der Waals surface area contributed by atoms with Gasteiger partial charge in [0.15, 0.2) is 0 Å². The van der Waals surface area contributed by atoms with Crippen LogP contribution in [-0.2, 0) is 4.74 Å². The van der Waals surface area contributed by atoms with Gasteiger partial charge in [0.25, 0.3) is 0 Å². The van der Waals surface area contributed by atoms with Crippen LogP contribution in [0, 0.1) is 11.3 Å². The minimum atomic E-state index is 0.356. The fourth-order valence-corrected chi connectivity index (χ4v) is 2.97. The van der Waals surface area contributed by atoms with Gasteiger partial charge in [0.2, 0.25) is 0 Å². The highest BCUT2D eigenvalue weighted by atomic mass is 16.5. The monoisotopic (exact) mass is 199 g/mol. The summed E-state index contributed by atoms with van der Waals surface area (Å²) in [6, 6.07) is 0. The molecule has 1 rings (SSSR count). The summed E-state index contributed by atoms with van der Waals surface area (Å²) in [6.07, 6.45) is 5.62. The second-order valence-corrected chi connectivity index (χ2v) is 5.31. The highest BCUT2D eigenvalue weighted by Crippen LogP contribution is 2.40. The van der Waals surface area contributed by atoms with Gasteiger partial charge < -0.3 is 9.64 Å². The Morgan fingerprint density at radius 2 is 1.86 bits per heavy atom. The van der Waals surface area contributed by atoms with E-state index in [4.69, 9.17) is 4.74 Å². The smallest absolute Gasteiger partial charge is 0.0530 e. The van der Waals surface area contributed by atoms with Crippen LogP contribution in [0.2, 0.25) is 0 Å². The zero-order valence-electron chi connectivity index (χ0n) is 10.2. The molecule has 0 amide bonds. The summed E-state index contributed by atoms with van der Waals surface area (Å²) >= 11 is 0. The molecule has 1 aliphatic rings. The van der Waals surface area contributed by atoms with Crippen molar-refractivity contribution in [2.75, 3.05) is 34.4 Å². The Labute approximate surface area is 88.6 Å². The van der Waals surface area contributed by atoms with Gasteiger partial charge in [-0.15, -0.1) is 0 Å². The topological polar surface area (TPSA) is 12.5 Å². The summed E-state index contributed by atoms with van der Waals surface area (Å²) in [5.74, 6) is 0.866. The van der Waals surface area contributed by atoms with E-state index in [-0.39, 0.29) is 0 Å². The van der Waals surface area contributed by atoms with E-state index in [1.54, 1.807) is 0 Å². The average molecular weight is 199 g/mol. The lowest BCUT2D eigenvalue weighted by Crippen LogP contribution is -2.40. The first-order valence-corrected chi connectivity index (χ1v) is 5.72. The second-order valence-electron chi connectivity index (χ2n) is 5.31. The molecule has 0 heterocycles. The molecule has 0 spiro atoms. The van der Waals surface area contributed by atoms with Crippen LogP contribution in [0.5, 0.6) is 0 Å². The summed E-state index contributed by atoms with van der Waals surface area (Å²) < 4.78 is 5.39. The van der Waals surface area contributed by atoms with E-state index >= 15 is 0 Å². The predicted molar refractivity (Wildman–Crippen MR) is 60.5 cm³/mol. The molecule has 1 saturated carbocycles. The summed E-state index contributed by atoms with van der Waals surface area (Å²) in [4.78, 5) is 2.29. The Balaban J connectivity index is 2.58. The van der Waals surface area contributed by atoms with Gasteiger partial charge >= 0.3 is 0 Å². The van der Waals surface area contributed by atoms with Gasteiger partial charge in [-0.25, -0.2) is 0 Å². The van der Waals surface area contributed by atoms with Crippen LogP contribution in [-0.4, -0.2) is 39.3 Å². The summed E-state index contributed by atoms with van der Waals surface area (Å²) in [7, 11) is 6.13. The van der Waals surface area contributed by atoms with Crippen molar-refractivity contribution in [3.05, 3.63) is 0 Å². The van der Waals surface area contributed by atoms with Gasteiger partial charge in [-0.05, 0) is 32.9 Å². The van der Waals surface area contributed by atoms with Crippen molar-refractivity contribution in [3.8, 4) is 0 Å². The summed E-state index contributed by atoms with van der Waals surface area (Å²) in [6.45, 7) is 4.42. The van der Waals surface area contributed by atoms with Crippen molar-refractivity contribution in [1.29, 1.82) is 0 Å². The zero-order valence-corrected chi connectivity index (χ0v) is 10.2. The van der Waals surface area contributed by atoms with Gasteiger partial charge in [0.1, 0.15) is 0 Å². The lowest BCUT2D eigenvalue weighted by Gasteiger charge is -2.37. The molecule has 0 saturated heterocycles. The number of methoxy groups -OCH3 is 1. The molecule has 1 unspecified atom stereocenters. The van der Waals surface area contributed by atoms with Gasteiger partial charge in [-0.2, -0.15) is 0 Å². The lowest BCUT2D eigenvalue weighted by molar-refractivity contribution is 0.0268. The van der Waals surface area contributed by atoms with Crippen molar-refractivity contribution in [2.45, 2.75) is 32.6 Å². The molecule has 2 heteroatoms. The third-order valence-electron chi connectivity index (χ3n) is 3.49. The molecule has 14 heavy (non-hydrogen) atoms. The number of ether oxygens (including phenoxy) is 1. The largest absolute Gasteiger partial charge is 0.384 e. The Bertz CT molecular complexity index is 164. The van der Waals surface area contributed by atoms with Gasteiger partial charge in [-0.3, -0.25) is 0 Å². The van der Waals surface area contributed by atoms with Crippen LogP contribution in [0.3, 0.4) is 0 Å². The minimum Gasteiger partial charge on any atom is -0.384 e. The maximum atomic E-state index is 5.39. The Morgan fingerprint density at radius 3 is 2.29 bits per heavy atom. The first-order valence-electron chi connectivity index (χ1n) is 5.72. The summed E-state index contributed by atoms with van der Waals surface area (Å²) in [5, 5.41) is 0. The minimum absolute atomic E-state index is 0.356. The van der Waals surface area contributed by atoms with Crippen molar-refractivity contribution >= 4 is 0 Å². The SMILES string of the molecule is COCC(C)(CN(C)C)C1CCCC1. The lowest BCUT2D eigenvalue weighted by atomic mass is 9.76. The third-order valence-corrected chi connectivity index (χ3v) is 3.49. The summed E-state index contributed by atoms with van der Waals surface area (Å²) in [5.41, 5.74) is 0.356. The molecule has 2 nitrogen and oxygen atoms in total. The number of rotatable bonds is 5. The van der Waals surface area contributed by atoms with E-state index in [9.17, 15) is 0 Å². The molecule has 1 atom stereocenters. The fraction of sp³-hybridized carbons (Fsp3) is 1.00. The van der Waals surface area contributed by atoms with Crippen LogP contribution in [0.4, 0.5) is 0 Å². The van der Waals surface area contributed by atoms with E-state index in [0.29, 0.717) is 5.41 Å². The quantitative estimate of drug-likeness (QED) is 0.674. The normalized spacial score (nSPS) is 22.9. The molecule has 0 aliphatic heterocycles. The molecule has 84 valence electrons. The van der Waals surface area contributed by atoms with Gasteiger partial charge in [0, 0.05) is 19.1 Å². The predicted octanol–water partition coefficient (Wildman–Crippen LogP) is 2.39. The highest BCUT2D eigenvalue weighted by Gasteiger charge is 2.36. The van der Waals surface area contributed by atoms with Crippen molar-refractivity contribution < 1.29 is 4.74 Å².